The van der Waals surface area contributed by atoms with E-state index in [4.69, 9.17) is 0 Å². The van der Waals surface area contributed by atoms with Gasteiger partial charge in [0.05, 0.1) is 17.4 Å². The molecule has 0 bridgehead atoms. The zero-order valence-electron chi connectivity index (χ0n) is 14.7. The highest BCUT2D eigenvalue weighted by molar-refractivity contribution is 9.10. The number of hydrogen-bond acceptors (Lipinski definition) is 4. The first-order valence-electron chi connectivity index (χ1n) is 8.87. The lowest BCUT2D eigenvalue weighted by Gasteiger charge is -2.30. The predicted octanol–water partition coefficient (Wildman–Crippen LogP) is 2.23. The van der Waals surface area contributed by atoms with Crippen LogP contribution in [0.3, 0.4) is 0 Å². The molecule has 26 heavy (non-hydrogen) atoms. The number of benzene rings is 1. The lowest BCUT2D eigenvalue weighted by atomic mass is 10.0. The van der Waals surface area contributed by atoms with Crippen LogP contribution in [0, 0.1) is 5.92 Å². The van der Waals surface area contributed by atoms with Crippen LogP contribution in [0.4, 0.5) is 5.69 Å². The summed E-state index contributed by atoms with van der Waals surface area (Å²) in [5.74, 6) is -0.415. The van der Waals surface area contributed by atoms with Gasteiger partial charge in [-0.25, -0.2) is 8.42 Å². The van der Waals surface area contributed by atoms with Gasteiger partial charge >= 0.3 is 0 Å². The molecule has 1 aromatic carbocycles. The first-order valence-corrected chi connectivity index (χ1v) is 11.5. The number of sulfone groups is 1. The molecular formula is C18H23BrN2O4S. The first-order chi connectivity index (χ1) is 12.3. The molecule has 0 spiro atoms. The fraction of sp³-hybridized carbons (Fsp3) is 0.556. The van der Waals surface area contributed by atoms with Crippen molar-refractivity contribution < 1.29 is 18.0 Å². The van der Waals surface area contributed by atoms with Crippen molar-refractivity contribution in [2.24, 2.45) is 5.92 Å². The minimum atomic E-state index is -3.06. The highest BCUT2D eigenvalue weighted by Crippen LogP contribution is 2.29. The van der Waals surface area contributed by atoms with Gasteiger partial charge in [0.2, 0.25) is 11.8 Å². The van der Waals surface area contributed by atoms with E-state index in [1.165, 1.54) is 0 Å². The fourth-order valence-electron chi connectivity index (χ4n) is 3.74. The van der Waals surface area contributed by atoms with Crippen LogP contribution in [-0.2, 0) is 19.4 Å². The highest BCUT2D eigenvalue weighted by Gasteiger charge is 2.41. The Labute approximate surface area is 162 Å². The van der Waals surface area contributed by atoms with Crippen LogP contribution < -0.4 is 4.90 Å². The van der Waals surface area contributed by atoms with Gasteiger partial charge in [-0.05, 0) is 31.0 Å². The van der Waals surface area contributed by atoms with Crippen molar-refractivity contribution in [3.05, 3.63) is 28.7 Å². The molecule has 2 fully saturated rings. The third-order valence-corrected chi connectivity index (χ3v) is 7.23. The van der Waals surface area contributed by atoms with Crippen LogP contribution in [0.5, 0.6) is 0 Å². The van der Waals surface area contributed by atoms with Crippen molar-refractivity contribution in [1.82, 2.24) is 4.90 Å². The van der Waals surface area contributed by atoms with E-state index in [1.807, 2.05) is 31.2 Å². The lowest BCUT2D eigenvalue weighted by molar-refractivity contribution is -0.137. The van der Waals surface area contributed by atoms with E-state index in [2.05, 4.69) is 15.9 Å². The summed E-state index contributed by atoms with van der Waals surface area (Å²) in [6.07, 6.45) is 1.42. The molecule has 6 nitrogen and oxygen atoms in total. The molecular weight excluding hydrogens is 420 g/mol. The Hall–Kier alpha value is -1.41. The third-order valence-electron chi connectivity index (χ3n) is 4.99. The molecule has 2 unspecified atom stereocenters. The monoisotopic (exact) mass is 442 g/mol. The molecule has 0 N–H and O–H groups in total. The number of carbonyl (C=O) groups is 2. The maximum absolute atomic E-state index is 13.1. The zero-order valence-corrected chi connectivity index (χ0v) is 17.1. The standard InChI is InChI=1S/C18H23BrN2O4S/c1-2-7-20(16-6-8-26(24,25)12-16)18(23)13-9-17(22)21(11-13)15-5-3-4-14(19)10-15/h3-5,10,13,16H,2,6-9,11-12H2,1H3. The minimum absolute atomic E-state index is 0.0365. The maximum Gasteiger partial charge on any atom is 0.228 e. The first kappa shape index (κ1) is 19.4. The van der Waals surface area contributed by atoms with E-state index in [-0.39, 0.29) is 35.8 Å². The summed E-state index contributed by atoms with van der Waals surface area (Å²) in [6, 6.07) is 7.19. The molecule has 2 heterocycles. The van der Waals surface area contributed by atoms with Crippen LogP contribution in [0.1, 0.15) is 26.2 Å². The minimum Gasteiger partial charge on any atom is -0.338 e. The molecule has 2 saturated heterocycles. The van der Waals surface area contributed by atoms with E-state index >= 15 is 0 Å². The van der Waals surface area contributed by atoms with Gasteiger partial charge in [0.15, 0.2) is 9.84 Å². The topological polar surface area (TPSA) is 74.8 Å². The fourth-order valence-corrected chi connectivity index (χ4v) is 5.85. The van der Waals surface area contributed by atoms with Crippen molar-refractivity contribution in [1.29, 1.82) is 0 Å². The number of halogens is 1. The molecule has 142 valence electrons. The second kappa shape index (κ2) is 7.68. The molecule has 8 heteroatoms. The molecule has 0 aliphatic carbocycles. The third kappa shape index (κ3) is 4.11. The molecule has 2 atom stereocenters. The average molecular weight is 443 g/mol. The number of anilines is 1. The van der Waals surface area contributed by atoms with Crippen LogP contribution >= 0.6 is 15.9 Å². The van der Waals surface area contributed by atoms with Crippen molar-refractivity contribution in [2.75, 3.05) is 29.5 Å². The quantitative estimate of drug-likeness (QED) is 0.700. The number of amides is 2. The van der Waals surface area contributed by atoms with Gasteiger partial charge in [-0.1, -0.05) is 28.9 Å². The van der Waals surface area contributed by atoms with Gasteiger partial charge in [-0.3, -0.25) is 9.59 Å². The highest BCUT2D eigenvalue weighted by atomic mass is 79.9. The summed E-state index contributed by atoms with van der Waals surface area (Å²) >= 11 is 3.40. The maximum atomic E-state index is 13.1. The van der Waals surface area contributed by atoms with Crippen LogP contribution in [0.15, 0.2) is 28.7 Å². The van der Waals surface area contributed by atoms with Crippen molar-refractivity contribution >= 4 is 43.3 Å². The lowest BCUT2D eigenvalue weighted by Crippen LogP contribution is -2.45. The van der Waals surface area contributed by atoms with E-state index in [9.17, 15) is 18.0 Å². The second-order valence-electron chi connectivity index (χ2n) is 6.97. The van der Waals surface area contributed by atoms with Crippen LogP contribution in [0.25, 0.3) is 0 Å². The normalized spacial score (nSPS) is 24.8. The number of nitrogens with zero attached hydrogens (tertiary/aromatic N) is 2. The summed E-state index contributed by atoms with van der Waals surface area (Å²) in [6.45, 7) is 2.84. The summed E-state index contributed by atoms with van der Waals surface area (Å²) in [7, 11) is -3.06. The van der Waals surface area contributed by atoms with Crippen molar-refractivity contribution in [3.63, 3.8) is 0 Å². The van der Waals surface area contributed by atoms with Gasteiger partial charge in [0, 0.05) is 35.7 Å². The molecule has 0 radical (unpaired) electrons. The summed E-state index contributed by atoms with van der Waals surface area (Å²) in [4.78, 5) is 28.9. The van der Waals surface area contributed by atoms with Gasteiger partial charge < -0.3 is 9.80 Å². The number of carbonyl (C=O) groups excluding carboxylic acids is 2. The second-order valence-corrected chi connectivity index (χ2v) is 10.1. The molecule has 3 rings (SSSR count). The molecule has 2 aliphatic rings. The molecule has 0 aromatic heterocycles. The van der Waals surface area contributed by atoms with Crippen molar-refractivity contribution in [2.45, 2.75) is 32.2 Å². The van der Waals surface area contributed by atoms with Gasteiger partial charge in [-0.15, -0.1) is 0 Å². The Morgan fingerprint density at radius 1 is 1.38 bits per heavy atom. The smallest absolute Gasteiger partial charge is 0.228 e. The predicted molar refractivity (Wildman–Crippen MR) is 104 cm³/mol. The Morgan fingerprint density at radius 2 is 2.15 bits per heavy atom. The van der Waals surface area contributed by atoms with Crippen molar-refractivity contribution in [3.8, 4) is 0 Å². The Kier molecular flexibility index (Phi) is 5.72. The summed E-state index contributed by atoms with van der Waals surface area (Å²) in [5, 5.41) is 0. The summed E-state index contributed by atoms with van der Waals surface area (Å²) < 4.78 is 24.5. The van der Waals surface area contributed by atoms with Gasteiger partial charge in [-0.2, -0.15) is 0 Å². The van der Waals surface area contributed by atoms with E-state index < -0.39 is 15.8 Å². The van der Waals surface area contributed by atoms with E-state index in [1.54, 1.807) is 9.80 Å². The molecule has 2 aliphatic heterocycles. The average Bonchev–Trinajstić information content (AvgIpc) is 3.14. The molecule has 1 aromatic rings. The molecule has 2 amide bonds. The Bertz CT molecular complexity index is 811. The SMILES string of the molecule is CCCN(C(=O)C1CC(=O)N(c2cccc(Br)c2)C1)C1CCS(=O)(=O)C1. The largest absolute Gasteiger partial charge is 0.338 e. The Morgan fingerprint density at radius 3 is 2.77 bits per heavy atom. The van der Waals surface area contributed by atoms with Crippen LogP contribution in [0.2, 0.25) is 0 Å². The molecule has 0 saturated carbocycles. The Balaban J connectivity index is 1.75. The number of rotatable bonds is 5. The zero-order chi connectivity index (χ0) is 18.9. The van der Waals surface area contributed by atoms with Crippen LogP contribution in [-0.4, -0.2) is 55.8 Å². The number of hydrogen-bond donors (Lipinski definition) is 0. The van der Waals surface area contributed by atoms with E-state index in [0.29, 0.717) is 19.5 Å². The van der Waals surface area contributed by atoms with Gasteiger partial charge in [0.1, 0.15) is 0 Å². The van der Waals surface area contributed by atoms with E-state index in [0.717, 1.165) is 16.6 Å². The summed E-state index contributed by atoms with van der Waals surface area (Å²) in [5.41, 5.74) is 0.769. The van der Waals surface area contributed by atoms with Gasteiger partial charge in [0.25, 0.3) is 0 Å².